The molecule has 0 spiro atoms. The van der Waals surface area contributed by atoms with Crippen molar-refractivity contribution in [3.05, 3.63) is 45.3 Å². The summed E-state index contributed by atoms with van der Waals surface area (Å²) >= 11 is 7.38. The lowest BCUT2D eigenvalue weighted by Crippen LogP contribution is -2.30. The van der Waals surface area contributed by atoms with Crippen LogP contribution in [-0.4, -0.2) is 17.9 Å². The zero-order valence-corrected chi connectivity index (χ0v) is 16.1. The van der Waals surface area contributed by atoms with Crippen LogP contribution in [0, 0.1) is 0 Å². The molecule has 1 aromatic carbocycles. The summed E-state index contributed by atoms with van der Waals surface area (Å²) in [7, 11) is 0. The van der Waals surface area contributed by atoms with E-state index in [9.17, 15) is 9.59 Å². The Morgan fingerprint density at radius 3 is 2.77 bits per heavy atom. The summed E-state index contributed by atoms with van der Waals surface area (Å²) < 4.78 is 5.64. The first-order valence-electron chi connectivity index (χ1n) is 8.63. The van der Waals surface area contributed by atoms with E-state index in [1.807, 2.05) is 0 Å². The first-order valence-corrected chi connectivity index (χ1v) is 9.82. The molecule has 0 saturated carbocycles. The van der Waals surface area contributed by atoms with Gasteiger partial charge in [0.05, 0.1) is 5.56 Å². The van der Waals surface area contributed by atoms with Crippen LogP contribution in [-0.2, 0) is 17.6 Å². The molecule has 138 valence electrons. The highest BCUT2D eigenvalue weighted by Crippen LogP contribution is 2.37. The second kappa shape index (κ2) is 8.10. The fourth-order valence-corrected chi connectivity index (χ4v) is 4.58. The summed E-state index contributed by atoms with van der Waals surface area (Å²) in [5.41, 5.74) is 7.05. The standard InChI is InChI=1S/C19H21ClN2O3S/c1-11(25-13-7-5-6-12(20)10-13)18(24)22-19-16(17(21)23)14-8-3-2-4-9-15(14)26-19/h5-7,10-11H,2-4,8-9H2,1H3,(H2,21,23)(H,22,24). The molecule has 1 aliphatic rings. The number of ether oxygens (including phenoxy) is 1. The number of thiophene rings is 1. The Labute approximate surface area is 161 Å². The second-order valence-electron chi connectivity index (χ2n) is 6.34. The van der Waals surface area contributed by atoms with Crippen molar-refractivity contribution in [1.29, 1.82) is 0 Å². The highest BCUT2D eigenvalue weighted by Gasteiger charge is 2.25. The van der Waals surface area contributed by atoms with Crippen molar-refractivity contribution in [2.24, 2.45) is 5.73 Å². The van der Waals surface area contributed by atoms with Crippen LogP contribution < -0.4 is 15.8 Å². The number of anilines is 1. The molecule has 1 aromatic heterocycles. The molecule has 3 N–H and O–H groups in total. The molecule has 0 radical (unpaired) electrons. The van der Waals surface area contributed by atoms with E-state index >= 15 is 0 Å². The molecule has 0 bridgehead atoms. The van der Waals surface area contributed by atoms with Crippen molar-refractivity contribution in [3.63, 3.8) is 0 Å². The summed E-state index contributed by atoms with van der Waals surface area (Å²) in [5.74, 6) is -0.316. The van der Waals surface area contributed by atoms with Crippen LogP contribution in [0.3, 0.4) is 0 Å². The molecular weight excluding hydrogens is 372 g/mol. The normalized spacial score (nSPS) is 14.8. The maximum Gasteiger partial charge on any atom is 0.265 e. The topological polar surface area (TPSA) is 81.4 Å². The number of nitrogens with two attached hydrogens (primary N) is 1. The zero-order chi connectivity index (χ0) is 18.7. The number of benzene rings is 1. The predicted octanol–water partition coefficient (Wildman–Crippen LogP) is 4.18. The van der Waals surface area contributed by atoms with Gasteiger partial charge >= 0.3 is 0 Å². The van der Waals surface area contributed by atoms with Gasteiger partial charge in [0.1, 0.15) is 10.8 Å². The molecule has 2 amide bonds. The summed E-state index contributed by atoms with van der Waals surface area (Å²) in [4.78, 5) is 25.7. The maximum absolute atomic E-state index is 12.5. The fourth-order valence-electron chi connectivity index (χ4n) is 3.10. The number of carbonyl (C=O) groups is 2. The molecule has 3 rings (SSSR count). The number of rotatable bonds is 5. The van der Waals surface area contributed by atoms with Crippen LogP contribution >= 0.6 is 22.9 Å². The average molecular weight is 393 g/mol. The third-order valence-corrected chi connectivity index (χ3v) is 5.82. The zero-order valence-electron chi connectivity index (χ0n) is 14.5. The van der Waals surface area contributed by atoms with Gasteiger partial charge < -0.3 is 15.8 Å². The van der Waals surface area contributed by atoms with Crippen molar-refractivity contribution in [2.75, 3.05) is 5.32 Å². The molecule has 2 aromatic rings. The largest absolute Gasteiger partial charge is 0.481 e. The highest BCUT2D eigenvalue weighted by molar-refractivity contribution is 7.17. The van der Waals surface area contributed by atoms with Gasteiger partial charge in [-0.25, -0.2) is 0 Å². The molecule has 1 heterocycles. The number of amides is 2. The molecule has 0 fully saturated rings. The van der Waals surface area contributed by atoms with Crippen molar-refractivity contribution in [3.8, 4) is 5.75 Å². The fraction of sp³-hybridized carbons (Fsp3) is 0.368. The van der Waals surface area contributed by atoms with Gasteiger partial charge in [-0.05, 0) is 56.4 Å². The number of primary amides is 1. The van der Waals surface area contributed by atoms with Gasteiger partial charge in [-0.3, -0.25) is 9.59 Å². The lowest BCUT2D eigenvalue weighted by atomic mass is 10.1. The van der Waals surface area contributed by atoms with E-state index in [1.54, 1.807) is 31.2 Å². The Balaban J connectivity index is 1.77. The number of aryl methyl sites for hydroxylation is 1. The molecule has 1 unspecified atom stereocenters. The molecular formula is C19H21ClN2O3S. The Hall–Kier alpha value is -2.05. The quantitative estimate of drug-likeness (QED) is 0.749. The van der Waals surface area contributed by atoms with Crippen molar-refractivity contribution < 1.29 is 14.3 Å². The molecule has 1 atom stereocenters. The van der Waals surface area contributed by atoms with Crippen LogP contribution in [0.1, 0.15) is 47.0 Å². The Morgan fingerprint density at radius 2 is 2.04 bits per heavy atom. The van der Waals surface area contributed by atoms with Gasteiger partial charge in [-0.15, -0.1) is 11.3 Å². The Kier molecular flexibility index (Phi) is 5.84. The minimum atomic E-state index is -0.740. The molecule has 1 aliphatic carbocycles. The van der Waals surface area contributed by atoms with Crippen LogP contribution in [0.15, 0.2) is 24.3 Å². The number of fused-ring (bicyclic) bond motifs is 1. The number of carbonyl (C=O) groups excluding carboxylic acids is 2. The van der Waals surface area contributed by atoms with E-state index in [0.717, 1.165) is 42.5 Å². The van der Waals surface area contributed by atoms with Crippen molar-refractivity contribution >= 4 is 39.8 Å². The maximum atomic E-state index is 12.5. The molecule has 0 aliphatic heterocycles. The van der Waals surface area contributed by atoms with E-state index in [4.69, 9.17) is 22.1 Å². The number of hydrogen-bond donors (Lipinski definition) is 2. The highest BCUT2D eigenvalue weighted by atomic mass is 35.5. The van der Waals surface area contributed by atoms with Crippen LogP contribution in [0.2, 0.25) is 5.02 Å². The summed E-state index contributed by atoms with van der Waals surface area (Å²) in [6, 6.07) is 6.87. The second-order valence-corrected chi connectivity index (χ2v) is 7.88. The number of nitrogens with one attached hydrogen (secondary N) is 1. The van der Waals surface area contributed by atoms with Crippen LogP contribution in [0.25, 0.3) is 0 Å². The minimum Gasteiger partial charge on any atom is -0.481 e. The molecule has 5 nitrogen and oxygen atoms in total. The predicted molar refractivity (Wildman–Crippen MR) is 104 cm³/mol. The SMILES string of the molecule is CC(Oc1cccc(Cl)c1)C(=O)Nc1sc2c(c1C(N)=O)CCCCC2. The van der Waals surface area contributed by atoms with Gasteiger partial charge in [0.2, 0.25) is 0 Å². The third kappa shape index (κ3) is 4.19. The smallest absolute Gasteiger partial charge is 0.265 e. The van der Waals surface area contributed by atoms with Gasteiger partial charge in [0.15, 0.2) is 6.10 Å². The van der Waals surface area contributed by atoms with Crippen LogP contribution in [0.5, 0.6) is 5.75 Å². The lowest BCUT2D eigenvalue weighted by molar-refractivity contribution is -0.122. The first kappa shape index (κ1) is 18.7. The minimum absolute atomic E-state index is 0.330. The van der Waals surface area contributed by atoms with E-state index in [0.29, 0.717) is 21.3 Å². The van der Waals surface area contributed by atoms with Crippen LogP contribution in [0.4, 0.5) is 5.00 Å². The molecule has 0 saturated heterocycles. The molecule has 7 heteroatoms. The summed E-state index contributed by atoms with van der Waals surface area (Å²) in [6.45, 7) is 1.65. The van der Waals surface area contributed by atoms with Gasteiger partial charge in [0, 0.05) is 9.90 Å². The summed E-state index contributed by atoms with van der Waals surface area (Å²) in [5, 5.41) is 3.88. The Morgan fingerprint density at radius 1 is 1.27 bits per heavy atom. The summed E-state index contributed by atoms with van der Waals surface area (Å²) in [6.07, 6.45) is 4.28. The van der Waals surface area contributed by atoms with E-state index < -0.39 is 12.0 Å². The van der Waals surface area contributed by atoms with E-state index in [1.165, 1.54) is 11.3 Å². The van der Waals surface area contributed by atoms with Gasteiger partial charge in [0.25, 0.3) is 11.8 Å². The van der Waals surface area contributed by atoms with E-state index in [2.05, 4.69) is 5.32 Å². The Bertz CT molecular complexity index is 834. The van der Waals surface area contributed by atoms with Gasteiger partial charge in [-0.1, -0.05) is 24.1 Å². The average Bonchev–Trinajstić information content (AvgIpc) is 2.76. The van der Waals surface area contributed by atoms with Crippen molar-refractivity contribution in [1.82, 2.24) is 0 Å². The molecule has 26 heavy (non-hydrogen) atoms. The van der Waals surface area contributed by atoms with Gasteiger partial charge in [-0.2, -0.15) is 0 Å². The first-order chi connectivity index (χ1) is 12.5. The van der Waals surface area contributed by atoms with Crippen molar-refractivity contribution in [2.45, 2.75) is 45.1 Å². The third-order valence-electron chi connectivity index (χ3n) is 4.38. The number of halogens is 1. The van der Waals surface area contributed by atoms with E-state index in [-0.39, 0.29) is 5.91 Å². The lowest BCUT2D eigenvalue weighted by Gasteiger charge is -2.15. The monoisotopic (exact) mass is 392 g/mol. The number of hydrogen-bond acceptors (Lipinski definition) is 4.